The van der Waals surface area contributed by atoms with Crippen molar-refractivity contribution >= 4 is 29.0 Å². The van der Waals surface area contributed by atoms with E-state index in [4.69, 9.17) is 21.1 Å². The number of nitro benzene ring substituents is 1. The molecule has 0 spiro atoms. The predicted octanol–water partition coefficient (Wildman–Crippen LogP) is 6.82. The molecule has 0 bridgehead atoms. The molecule has 0 fully saturated rings. The summed E-state index contributed by atoms with van der Waals surface area (Å²) in [5.41, 5.74) is 0.702. The first-order valence-electron chi connectivity index (χ1n) is 10.5. The van der Waals surface area contributed by atoms with Crippen molar-refractivity contribution in [1.82, 2.24) is 0 Å². The molecule has 0 amide bonds. The highest BCUT2D eigenvalue weighted by molar-refractivity contribution is 6.32. The first-order chi connectivity index (χ1) is 16.9. The highest BCUT2D eigenvalue weighted by Gasteiger charge is 2.27. The van der Waals surface area contributed by atoms with Crippen LogP contribution in [0.3, 0.4) is 0 Å². The third kappa shape index (κ3) is 5.54. The Bertz CT molecular complexity index is 1380. The van der Waals surface area contributed by atoms with Crippen molar-refractivity contribution in [2.24, 2.45) is 0 Å². The Kier molecular flexibility index (Phi) is 7.18. The van der Waals surface area contributed by atoms with Gasteiger partial charge in [-0.1, -0.05) is 84.4 Å². The fourth-order valence-corrected chi connectivity index (χ4v) is 3.58. The SMILES string of the molecule is O=C(O[C@H](C(=O)c1ccccc1)c1ccccc1)c1cccc(Oc2c(Cl)cccc2[N+](=O)[O-])c1. The second-order valence-electron chi connectivity index (χ2n) is 7.40. The van der Waals surface area contributed by atoms with E-state index in [1.54, 1.807) is 60.7 Å². The third-order valence-electron chi connectivity index (χ3n) is 5.06. The number of hydrogen-bond acceptors (Lipinski definition) is 6. The summed E-state index contributed by atoms with van der Waals surface area (Å²) in [6, 6.07) is 27.3. The number of para-hydroxylation sites is 1. The van der Waals surface area contributed by atoms with Gasteiger partial charge in [-0.2, -0.15) is 0 Å². The van der Waals surface area contributed by atoms with E-state index in [1.165, 1.54) is 42.5 Å². The lowest BCUT2D eigenvalue weighted by molar-refractivity contribution is -0.385. The van der Waals surface area contributed by atoms with Gasteiger partial charge in [-0.25, -0.2) is 4.79 Å². The molecular formula is C27H18ClNO6. The van der Waals surface area contributed by atoms with Gasteiger partial charge in [0.25, 0.3) is 0 Å². The van der Waals surface area contributed by atoms with Crippen molar-refractivity contribution in [3.05, 3.63) is 135 Å². The zero-order valence-electron chi connectivity index (χ0n) is 18.2. The number of nitro groups is 1. The van der Waals surface area contributed by atoms with Crippen molar-refractivity contribution in [2.75, 3.05) is 0 Å². The Labute approximate surface area is 205 Å². The molecule has 0 heterocycles. The van der Waals surface area contributed by atoms with E-state index >= 15 is 0 Å². The lowest BCUT2D eigenvalue weighted by atomic mass is 10.00. The lowest BCUT2D eigenvalue weighted by Crippen LogP contribution is -2.20. The number of benzene rings is 4. The summed E-state index contributed by atoms with van der Waals surface area (Å²) in [6.07, 6.45) is -1.17. The van der Waals surface area contributed by atoms with Crippen LogP contribution >= 0.6 is 11.6 Å². The molecule has 0 aliphatic heterocycles. The van der Waals surface area contributed by atoms with Crippen molar-refractivity contribution in [3.63, 3.8) is 0 Å². The molecule has 8 heteroatoms. The van der Waals surface area contributed by atoms with Crippen LogP contribution in [0.1, 0.15) is 32.4 Å². The molecular weight excluding hydrogens is 470 g/mol. The number of rotatable bonds is 8. The molecule has 0 aliphatic rings. The number of carbonyl (C=O) groups excluding carboxylic acids is 2. The van der Waals surface area contributed by atoms with Crippen LogP contribution in [-0.4, -0.2) is 16.7 Å². The van der Waals surface area contributed by atoms with E-state index < -0.39 is 17.0 Å². The quantitative estimate of drug-likeness (QED) is 0.117. The Morgan fingerprint density at radius 2 is 1.43 bits per heavy atom. The summed E-state index contributed by atoms with van der Waals surface area (Å²) < 4.78 is 11.3. The van der Waals surface area contributed by atoms with E-state index in [0.717, 1.165) is 0 Å². The van der Waals surface area contributed by atoms with Gasteiger partial charge in [0, 0.05) is 17.2 Å². The average Bonchev–Trinajstić information content (AvgIpc) is 2.89. The topological polar surface area (TPSA) is 95.7 Å². The van der Waals surface area contributed by atoms with Crippen molar-refractivity contribution < 1.29 is 24.0 Å². The van der Waals surface area contributed by atoms with Crippen LogP contribution in [-0.2, 0) is 4.74 Å². The Hall–Kier alpha value is -4.49. The number of ketones is 1. The van der Waals surface area contributed by atoms with Gasteiger partial charge in [0.15, 0.2) is 6.10 Å². The van der Waals surface area contributed by atoms with E-state index in [-0.39, 0.29) is 33.6 Å². The molecule has 0 aromatic heterocycles. The number of halogens is 1. The second-order valence-corrected chi connectivity index (χ2v) is 7.81. The van der Waals surface area contributed by atoms with E-state index in [2.05, 4.69) is 0 Å². The van der Waals surface area contributed by atoms with Crippen molar-refractivity contribution in [2.45, 2.75) is 6.10 Å². The summed E-state index contributed by atoms with van der Waals surface area (Å²) in [7, 11) is 0. The van der Waals surface area contributed by atoms with Gasteiger partial charge >= 0.3 is 11.7 Å². The summed E-state index contributed by atoms with van der Waals surface area (Å²) in [5.74, 6) is -1.14. The van der Waals surface area contributed by atoms with Crippen molar-refractivity contribution in [3.8, 4) is 11.5 Å². The maximum absolute atomic E-state index is 13.2. The van der Waals surface area contributed by atoms with Gasteiger partial charge in [-0.15, -0.1) is 0 Å². The zero-order valence-corrected chi connectivity index (χ0v) is 18.9. The molecule has 35 heavy (non-hydrogen) atoms. The molecule has 0 saturated heterocycles. The summed E-state index contributed by atoms with van der Waals surface area (Å²) in [4.78, 5) is 37.0. The van der Waals surface area contributed by atoms with Gasteiger partial charge in [0.1, 0.15) is 5.75 Å². The maximum atomic E-state index is 13.2. The summed E-state index contributed by atoms with van der Waals surface area (Å²) in [5, 5.41) is 11.4. The fourth-order valence-electron chi connectivity index (χ4n) is 3.38. The molecule has 4 aromatic rings. The summed E-state index contributed by atoms with van der Waals surface area (Å²) >= 11 is 6.10. The molecule has 0 saturated carbocycles. The van der Waals surface area contributed by atoms with E-state index in [1.807, 2.05) is 0 Å². The monoisotopic (exact) mass is 487 g/mol. The molecule has 4 rings (SSSR count). The normalized spacial score (nSPS) is 11.3. The number of carbonyl (C=O) groups is 2. The first kappa shape index (κ1) is 23.7. The van der Waals surface area contributed by atoms with Gasteiger partial charge in [-0.3, -0.25) is 14.9 Å². The Morgan fingerprint density at radius 1 is 0.800 bits per heavy atom. The maximum Gasteiger partial charge on any atom is 0.339 e. The second kappa shape index (κ2) is 10.6. The number of esters is 1. The smallest absolute Gasteiger partial charge is 0.339 e. The molecule has 0 unspecified atom stereocenters. The average molecular weight is 488 g/mol. The standard InChI is InChI=1S/C27H18ClNO6/c28-22-15-8-16-23(29(32)33)26(22)34-21-14-7-13-20(17-21)27(31)35-25(19-11-5-2-6-12-19)24(30)18-9-3-1-4-10-18/h1-17,25H/t25-/m0/s1. The van der Waals surface area contributed by atoms with Gasteiger partial charge < -0.3 is 9.47 Å². The Morgan fingerprint density at radius 3 is 2.11 bits per heavy atom. The molecule has 0 aliphatic carbocycles. The number of nitrogens with zero attached hydrogens (tertiary/aromatic N) is 1. The number of ether oxygens (including phenoxy) is 2. The van der Waals surface area contributed by atoms with Crippen LogP contribution in [0.2, 0.25) is 5.02 Å². The zero-order chi connectivity index (χ0) is 24.8. The highest BCUT2D eigenvalue weighted by Crippen LogP contribution is 2.38. The first-order valence-corrected chi connectivity index (χ1v) is 10.9. The molecule has 174 valence electrons. The van der Waals surface area contributed by atoms with Gasteiger partial charge in [0.05, 0.1) is 15.5 Å². The van der Waals surface area contributed by atoms with Crippen LogP contribution in [0.25, 0.3) is 0 Å². The van der Waals surface area contributed by atoms with Crippen LogP contribution in [0.5, 0.6) is 11.5 Å². The van der Waals surface area contributed by atoms with E-state index in [9.17, 15) is 19.7 Å². The van der Waals surface area contributed by atoms with E-state index in [0.29, 0.717) is 11.1 Å². The fraction of sp³-hybridized carbons (Fsp3) is 0.0370. The number of hydrogen-bond donors (Lipinski definition) is 0. The number of Topliss-reactive ketones (excluding diaryl/α,β-unsaturated/α-hetero) is 1. The Balaban J connectivity index is 1.61. The third-order valence-corrected chi connectivity index (χ3v) is 5.35. The van der Waals surface area contributed by atoms with Gasteiger partial charge in [0.2, 0.25) is 11.5 Å². The van der Waals surface area contributed by atoms with Crippen LogP contribution in [0.4, 0.5) is 5.69 Å². The minimum Gasteiger partial charge on any atom is -0.449 e. The molecule has 4 aromatic carbocycles. The lowest BCUT2D eigenvalue weighted by Gasteiger charge is -2.18. The van der Waals surface area contributed by atoms with Gasteiger partial charge in [-0.05, 0) is 24.3 Å². The minimum atomic E-state index is -1.17. The van der Waals surface area contributed by atoms with Crippen LogP contribution in [0.15, 0.2) is 103 Å². The van der Waals surface area contributed by atoms with Crippen LogP contribution < -0.4 is 4.74 Å². The van der Waals surface area contributed by atoms with Crippen molar-refractivity contribution in [1.29, 1.82) is 0 Å². The molecule has 1 atom stereocenters. The van der Waals surface area contributed by atoms with Crippen LogP contribution in [0, 0.1) is 10.1 Å². The molecule has 0 N–H and O–H groups in total. The largest absolute Gasteiger partial charge is 0.449 e. The molecule has 0 radical (unpaired) electrons. The highest BCUT2D eigenvalue weighted by atomic mass is 35.5. The summed E-state index contributed by atoms with van der Waals surface area (Å²) in [6.45, 7) is 0. The minimum absolute atomic E-state index is 0.0461. The predicted molar refractivity (Wildman–Crippen MR) is 130 cm³/mol. The molecule has 7 nitrogen and oxygen atoms in total.